The van der Waals surface area contributed by atoms with Crippen LogP contribution in [0.4, 0.5) is 0 Å². The predicted octanol–water partition coefficient (Wildman–Crippen LogP) is 2.98. The van der Waals surface area contributed by atoms with Gasteiger partial charge in [0.05, 0.1) is 4.53 Å². The summed E-state index contributed by atoms with van der Waals surface area (Å²) in [6.45, 7) is 2.04. The van der Waals surface area contributed by atoms with Gasteiger partial charge in [-0.05, 0) is 32.1 Å². The standard InChI is InChI=1S/C18H17N3OS/c1-12-7-9-14(10-8-12)16-19-18-21(20-16)17(22)15(23-18)11-13-5-3-2-4-6-13/h2-3,7-11,13H,4-6H2,1H3/b15-11-. The highest BCUT2D eigenvalue weighted by atomic mass is 32.1. The van der Waals surface area contributed by atoms with Gasteiger partial charge in [0.1, 0.15) is 0 Å². The van der Waals surface area contributed by atoms with Crippen LogP contribution in [-0.4, -0.2) is 14.6 Å². The van der Waals surface area contributed by atoms with Gasteiger partial charge >= 0.3 is 0 Å². The SMILES string of the molecule is Cc1ccc(-c2nc3s/c(=C\C4CC=CCC4)c(=O)n3n2)cc1. The second kappa shape index (κ2) is 5.74. The number of nitrogens with zero attached hydrogens (tertiary/aromatic N) is 3. The van der Waals surface area contributed by atoms with Gasteiger partial charge in [0.2, 0.25) is 4.96 Å². The minimum Gasteiger partial charge on any atom is -0.266 e. The number of aromatic nitrogens is 3. The number of hydrogen-bond acceptors (Lipinski definition) is 4. The van der Waals surface area contributed by atoms with Crippen LogP contribution in [-0.2, 0) is 0 Å². The van der Waals surface area contributed by atoms with Crippen LogP contribution in [0.25, 0.3) is 22.4 Å². The monoisotopic (exact) mass is 323 g/mol. The highest BCUT2D eigenvalue weighted by molar-refractivity contribution is 7.15. The van der Waals surface area contributed by atoms with E-state index in [2.05, 4.69) is 28.3 Å². The normalized spacial score (nSPS) is 18.8. The van der Waals surface area contributed by atoms with Gasteiger partial charge in [0.15, 0.2) is 5.82 Å². The van der Waals surface area contributed by atoms with Crippen LogP contribution in [0.15, 0.2) is 41.2 Å². The molecule has 0 N–H and O–H groups in total. The fraction of sp³-hybridized carbons (Fsp3) is 0.278. The number of benzene rings is 1. The minimum atomic E-state index is -0.0505. The summed E-state index contributed by atoms with van der Waals surface area (Å²) >= 11 is 1.43. The first-order chi connectivity index (χ1) is 11.2. The Morgan fingerprint density at radius 2 is 2.09 bits per heavy atom. The van der Waals surface area contributed by atoms with E-state index in [1.165, 1.54) is 21.4 Å². The fourth-order valence-corrected chi connectivity index (χ4v) is 3.83. The third kappa shape index (κ3) is 2.72. The first-order valence-corrected chi connectivity index (χ1v) is 8.66. The van der Waals surface area contributed by atoms with Crippen LogP contribution in [0.1, 0.15) is 24.8 Å². The largest absolute Gasteiger partial charge is 0.290 e. The summed E-state index contributed by atoms with van der Waals surface area (Å²) in [6, 6.07) is 8.03. The van der Waals surface area contributed by atoms with Gasteiger partial charge in [-0.2, -0.15) is 9.50 Å². The Balaban J connectivity index is 1.74. The molecule has 0 bridgehead atoms. The lowest BCUT2D eigenvalue weighted by atomic mass is 9.94. The lowest BCUT2D eigenvalue weighted by Crippen LogP contribution is -2.25. The number of aryl methyl sites for hydroxylation is 1. The molecule has 1 unspecified atom stereocenters. The van der Waals surface area contributed by atoms with Crippen LogP contribution in [0.3, 0.4) is 0 Å². The van der Waals surface area contributed by atoms with E-state index in [4.69, 9.17) is 0 Å². The molecule has 116 valence electrons. The zero-order valence-corrected chi connectivity index (χ0v) is 13.7. The highest BCUT2D eigenvalue weighted by Gasteiger charge is 2.13. The molecule has 4 rings (SSSR count). The molecule has 2 aromatic heterocycles. The maximum Gasteiger partial charge on any atom is 0.290 e. The topological polar surface area (TPSA) is 47.3 Å². The second-order valence-electron chi connectivity index (χ2n) is 5.98. The smallest absolute Gasteiger partial charge is 0.266 e. The fourth-order valence-electron chi connectivity index (χ4n) is 2.86. The van der Waals surface area contributed by atoms with Crippen LogP contribution in [0.2, 0.25) is 0 Å². The Bertz CT molecular complexity index is 982. The third-order valence-electron chi connectivity index (χ3n) is 4.19. The maximum absolute atomic E-state index is 12.5. The summed E-state index contributed by atoms with van der Waals surface area (Å²) in [7, 11) is 0. The van der Waals surface area contributed by atoms with Crippen LogP contribution in [0.5, 0.6) is 0 Å². The van der Waals surface area contributed by atoms with E-state index in [-0.39, 0.29) is 5.56 Å². The van der Waals surface area contributed by atoms with Crippen molar-refractivity contribution in [2.45, 2.75) is 26.2 Å². The molecular formula is C18H17N3OS. The second-order valence-corrected chi connectivity index (χ2v) is 6.99. The molecule has 0 saturated heterocycles. The van der Waals surface area contributed by atoms with E-state index in [1.807, 2.05) is 31.2 Å². The van der Waals surface area contributed by atoms with Crippen molar-refractivity contribution in [3.05, 3.63) is 56.9 Å². The summed E-state index contributed by atoms with van der Waals surface area (Å²) in [4.78, 5) is 17.7. The molecule has 0 amide bonds. The third-order valence-corrected chi connectivity index (χ3v) is 5.17. The van der Waals surface area contributed by atoms with Crippen molar-refractivity contribution in [2.75, 3.05) is 0 Å². The number of thiazole rings is 1. The van der Waals surface area contributed by atoms with Gasteiger partial charge in [0.25, 0.3) is 5.56 Å². The molecule has 0 fully saturated rings. The number of allylic oxidation sites excluding steroid dienone is 2. The van der Waals surface area contributed by atoms with Gasteiger partial charge in [-0.1, -0.05) is 59.4 Å². The van der Waals surface area contributed by atoms with E-state index in [9.17, 15) is 4.79 Å². The van der Waals surface area contributed by atoms with Gasteiger partial charge in [-0.25, -0.2) is 0 Å². The van der Waals surface area contributed by atoms with Crippen LogP contribution in [0, 0.1) is 12.8 Å². The molecule has 1 aliphatic carbocycles. The summed E-state index contributed by atoms with van der Waals surface area (Å²) < 4.78 is 2.19. The zero-order valence-electron chi connectivity index (χ0n) is 12.9. The molecule has 23 heavy (non-hydrogen) atoms. The molecule has 0 aliphatic heterocycles. The number of fused-ring (bicyclic) bond motifs is 1. The Kier molecular flexibility index (Phi) is 3.58. The molecule has 4 nitrogen and oxygen atoms in total. The van der Waals surface area contributed by atoms with Crippen molar-refractivity contribution >= 4 is 22.4 Å². The van der Waals surface area contributed by atoms with Crippen molar-refractivity contribution in [1.82, 2.24) is 14.6 Å². The zero-order chi connectivity index (χ0) is 15.8. The lowest BCUT2D eigenvalue weighted by Gasteiger charge is -2.11. The maximum atomic E-state index is 12.5. The molecule has 1 atom stereocenters. The summed E-state index contributed by atoms with van der Waals surface area (Å²) in [5, 5.41) is 4.40. The van der Waals surface area contributed by atoms with Crippen molar-refractivity contribution in [3.8, 4) is 11.4 Å². The Labute approximate surface area is 137 Å². The van der Waals surface area contributed by atoms with Gasteiger partial charge in [0, 0.05) is 5.56 Å². The Hall–Kier alpha value is -2.27. The van der Waals surface area contributed by atoms with E-state index < -0.39 is 0 Å². The average molecular weight is 323 g/mol. The van der Waals surface area contributed by atoms with Gasteiger partial charge in [-0.15, -0.1) is 5.10 Å². The predicted molar refractivity (Wildman–Crippen MR) is 93.5 cm³/mol. The van der Waals surface area contributed by atoms with Crippen molar-refractivity contribution in [1.29, 1.82) is 0 Å². The van der Waals surface area contributed by atoms with E-state index in [0.29, 0.717) is 16.7 Å². The lowest BCUT2D eigenvalue weighted by molar-refractivity contribution is 0.612. The van der Waals surface area contributed by atoms with Crippen LogP contribution < -0.4 is 10.1 Å². The minimum absolute atomic E-state index is 0.0505. The molecule has 5 heteroatoms. The van der Waals surface area contributed by atoms with Gasteiger partial charge < -0.3 is 0 Å². The summed E-state index contributed by atoms with van der Waals surface area (Å²) in [5.74, 6) is 1.06. The molecule has 3 aromatic rings. The molecule has 0 saturated carbocycles. The van der Waals surface area contributed by atoms with Crippen molar-refractivity contribution in [2.24, 2.45) is 5.92 Å². The van der Waals surface area contributed by atoms with Gasteiger partial charge in [-0.3, -0.25) is 4.79 Å². The first-order valence-electron chi connectivity index (χ1n) is 7.84. The molecular weight excluding hydrogens is 306 g/mol. The first kappa shape index (κ1) is 14.3. The molecule has 1 aliphatic rings. The van der Waals surface area contributed by atoms with E-state index >= 15 is 0 Å². The summed E-state index contributed by atoms with van der Waals surface area (Å²) in [6.07, 6.45) is 9.71. The Morgan fingerprint density at radius 1 is 1.26 bits per heavy atom. The average Bonchev–Trinajstić information content (AvgIpc) is 3.10. The molecule has 1 aromatic carbocycles. The Morgan fingerprint density at radius 3 is 2.78 bits per heavy atom. The highest BCUT2D eigenvalue weighted by Crippen LogP contribution is 2.20. The number of hydrogen-bond donors (Lipinski definition) is 0. The molecule has 0 spiro atoms. The molecule has 2 heterocycles. The van der Waals surface area contributed by atoms with Crippen molar-refractivity contribution in [3.63, 3.8) is 0 Å². The van der Waals surface area contributed by atoms with Crippen molar-refractivity contribution < 1.29 is 0 Å². The van der Waals surface area contributed by atoms with Crippen LogP contribution >= 0.6 is 11.3 Å². The summed E-state index contributed by atoms with van der Waals surface area (Å²) in [5.41, 5.74) is 2.08. The van der Waals surface area contributed by atoms with E-state index in [0.717, 1.165) is 29.4 Å². The quantitative estimate of drug-likeness (QED) is 0.681. The molecule has 0 radical (unpaired) electrons. The number of rotatable bonds is 2. The van der Waals surface area contributed by atoms with E-state index in [1.54, 1.807) is 0 Å².